The third kappa shape index (κ3) is 6.02. The molecule has 0 amide bonds. The van der Waals surface area contributed by atoms with Gasteiger partial charge in [-0.3, -0.25) is 0 Å². The first-order chi connectivity index (χ1) is 7.47. The molecule has 1 N–H and O–H groups in total. The van der Waals surface area contributed by atoms with Crippen molar-refractivity contribution in [1.82, 2.24) is 0 Å². The van der Waals surface area contributed by atoms with Gasteiger partial charge in [0.05, 0.1) is 6.10 Å². The number of rotatable bonds is 6. The van der Waals surface area contributed by atoms with Crippen LogP contribution in [0.3, 0.4) is 0 Å². The predicted molar refractivity (Wildman–Crippen MR) is 77.8 cm³/mol. The van der Waals surface area contributed by atoms with Crippen LogP contribution in [-0.2, 0) is 4.43 Å². The van der Waals surface area contributed by atoms with E-state index in [-0.39, 0.29) is 11.1 Å². The summed E-state index contributed by atoms with van der Waals surface area (Å²) in [7, 11) is -1.61. The molecular weight excluding hydrogens is 228 g/mol. The first-order valence-corrected chi connectivity index (χ1v) is 9.70. The second-order valence-corrected chi connectivity index (χ2v) is 11.9. The Morgan fingerprint density at radius 3 is 1.94 bits per heavy atom. The molecule has 0 aromatic carbocycles. The summed E-state index contributed by atoms with van der Waals surface area (Å²) in [5.74, 6) is 0.877. The van der Waals surface area contributed by atoms with E-state index in [4.69, 9.17) is 4.43 Å². The van der Waals surface area contributed by atoms with E-state index in [1.54, 1.807) is 0 Å². The number of hydrogen-bond acceptors (Lipinski definition) is 2. The Bertz CT molecular complexity index is 219. The van der Waals surface area contributed by atoms with E-state index in [1.807, 2.05) is 6.92 Å². The van der Waals surface area contributed by atoms with Crippen LogP contribution in [-0.4, -0.2) is 26.1 Å². The zero-order chi connectivity index (χ0) is 13.9. The third-order valence-electron chi connectivity index (χ3n) is 4.13. The quantitative estimate of drug-likeness (QED) is 0.730. The van der Waals surface area contributed by atoms with Gasteiger partial charge in [0.2, 0.25) is 0 Å². The first kappa shape index (κ1) is 17.1. The highest BCUT2D eigenvalue weighted by atomic mass is 28.4. The first-order valence-electron chi connectivity index (χ1n) is 6.79. The molecule has 0 heterocycles. The third-order valence-corrected chi connectivity index (χ3v) is 8.63. The smallest absolute Gasteiger partial charge is 0.191 e. The van der Waals surface area contributed by atoms with E-state index >= 15 is 0 Å². The molecule has 0 spiro atoms. The molecule has 0 aliphatic rings. The number of hydrogen-bond donors (Lipinski definition) is 1. The summed E-state index contributed by atoms with van der Waals surface area (Å²) in [6.07, 6.45) is 0.817. The normalized spacial score (nSPS) is 18.9. The maximum absolute atomic E-state index is 9.49. The average molecular weight is 260 g/mol. The Balaban J connectivity index is 4.12. The molecule has 0 aliphatic carbocycles. The predicted octanol–water partition coefficient (Wildman–Crippen LogP) is 4.05. The Kier molecular flexibility index (Phi) is 6.40. The van der Waals surface area contributed by atoms with Crippen molar-refractivity contribution in [3.63, 3.8) is 0 Å². The molecule has 17 heavy (non-hydrogen) atoms. The van der Waals surface area contributed by atoms with Gasteiger partial charge in [-0.25, -0.2) is 0 Å². The minimum Gasteiger partial charge on any atom is -0.417 e. The van der Waals surface area contributed by atoms with Gasteiger partial charge in [-0.05, 0) is 43.3 Å². The summed E-state index contributed by atoms with van der Waals surface area (Å²) in [4.78, 5) is 0. The fraction of sp³-hybridized carbons (Fsp3) is 1.00. The zero-order valence-electron chi connectivity index (χ0n) is 13.0. The Morgan fingerprint density at radius 2 is 1.59 bits per heavy atom. The summed E-state index contributed by atoms with van der Waals surface area (Å²) in [6.45, 7) is 18.4. The van der Waals surface area contributed by atoms with Gasteiger partial charge in [-0.1, -0.05) is 34.6 Å². The van der Waals surface area contributed by atoms with Crippen LogP contribution in [0.2, 0.25) is 18.1 Å². The van der Waals surface area contributed by atoms with Gasteiger partial charge in [0, 0.05) is 6.61 Å². The second kappa shape index (κ2) is 6.35. The van der Waals surface area contributed by atoms with Gasteiger partial charge in [0.15, 0.2) is 8.32 Å². The van der Waals surface area contributed by atoms with Crippen molar-refractivity contribution in [2.45, 2.75) is 72.2 Å². The highest BCUT2D eigenvalue weighted by Crippen LogP contribution is 2.37. The standard InChI is InChI=1S/C14H32O2Si/c1-11(9-12(2)13(3)15)10-16-17(7,8)14(4,5)6/h11-13,15H,9-10H2,1-8H3/t11-,12+,13-/m1/s1. The molecule has 0 unspecified atom stereocenters. The molecule has 0 saturated heterocycles. The summed E-state index contributed by atoms with van der Waals surface area (Å²) in [5.41, 5.74) is 0. The van der Waals surface area contributed by atoms with Crippen LogP contribution in [0.1, 0.15) is 48.0 Å². The molecule has 0 aromatic rings. The monoisotopic (exact) mass is 260 g/mol. The van der Waals surface area contributed by atoms with E-state index in [0.717, 1.165) is 13.0 Å². The van der Waals surface area contributed by atoms with Crippen molar-refractivity contribution in [1.29, 1.82) is 0 Å². The molecule has 0 saturated carbocycles. The summed E-state index contributed by atoms with van der Waals surface area (Å²) < 4.78 is 6.19. The van der Waals surface area contributed by atoms with E-state index in [1.165, 1.54) is 0 Å². The topological polar surface area (TPSA) is 29.5 Å². The zero-order valence-corrected chi connectivity index (χ0v) is 14.0. The van der Waals surface area contributed by atoms with Crippen molar-refractivity contribution >= 4 is 8.32 Å². The van der Waals surface area contributed by atoms with Crippen LogP contribution >= 0.6 is 0 Å². The lowest BCUT2D eigenvalue weighted by molar-refractivity contribution is 0.110. The fourth-order valence-electron chi connectivity index (χ4n) is 1.47. The van der Waals surface area contributed by atoms with Gasteiger partial charge < -0.3 is 9.53 Å². The molecule has 3 heteroatoms. The lowest BCUT2D eigenvalue weighted by atomic mass is 9.94. The Morgan fingerprint density at radius 1 is 1.12 bits per heavy atom. The maximum atomic E-state index is 9.49. The summed E-state index contributed by atoms with van der Waals surface area (Å²) in [5, 5.41) is 9.78. The van der Waals surface area contributed by atoms with Crippen LogP contribution in [0.25, 0.3) is 0 Å². The average Bonchev–Trinajstić information content (AvgIpc) is 2.12. The molecule has 2 nitrogen and oxygen atoms in total. The van der Waals surface area contributed by atoms with Crippen molar-refractivity contribution in [3.8, 4) is 0 Å². The second-order valence-electron chi connectivity index (χ2n) is 7.13. The number of aliphatic hydroxyl groups excluding tert-OH is 1. The minimum absolute atomic E-state index is 0.217. The Hall–Kier alpha value is 0.137. The molecule has 0 radical (unpaired) electrons. The van der Waals surface area contributed by atoms with E-state index in [0.29, 0.717) is 11.8 Å². The van der Waals surface area contributed by atoms with Crippen molar-refractivity contribution in [3.05, 3.63) is 0 Å². The number of aliphatic hydroxyl groups is 1. The molecule has 0 rings (SSSR count). The largest absolute Gasteiger partial charge is 0.417 e. The van der Waals surface area contributed by atoms with Gasteiger partial charge in [-0.2, -0.15) is 0 Å². The van der Waals surface area contributed by atoms with Gasteiger partial charge in [0.1, 0.15) is 0 Å². The van der Waals surface area contributed by atoms with Crippen LogP contribution < -0.4 is 0 Å². The van der Waals surface area contributed by atoms with E-state index < -0.39 is 8.32 Å². The highest BCUT2D eigenvalue weighted by Gasteiger charge is 2.37. The molecule has 0 aromatic heterocycles. The molecule has 0 fully saturated rings. The van der Waals surface area contributed by atoms with Crippen LogP contribution in [0, 0.1) is 11.8 Å². The lowest BCUT2D eigenvalue weighted by Gasteiger charge is -2.37. The molecule has 104 valence electrons. The minimum atomic E-state index is -1.61. The van der Waals surface area contributed by atoms with Gasteiger partial charge >= 0.3 is 0 Å². The summed E-state index contributed by atoms with van der Waals surface area (Å²) in [6, 6.07) is 0. The Labute approximate surface area is 109 Å². The van der Waals surface area contributed by atoms with Gasteiger partial charge in [0.25, 0.3) is 0 Å². The maximum Gasteiger partial charge on any atom is 0.191 e. The summed E-state index contributed by atoms with van der Waals surface area (Å²) >= 11 is 0. The van der Waals surface area contributed by atoms with Gasteiger partial charge in [-0.15, -0.1) is 0 Å². The lowest BCUT2D eigenvalue weighted by Crippen LogP contribution is -2.41. The van der Waals surface area contributed by atoms with E-state index in [2.05, 4.69) is 47.7 Å². The molecule has 0 aliphatic heterocycles. The van der Waals surface area contributed by atoms with Crippen LogP contribution in [0.5, 0.6) is 0 Å². The fourth-order valence-corrected chi connectivity index (χ4v) is 2.60. The molecule has 0 bridgehead atoms. The molecular formula is C14H32O2Si. The highest BCUT2D eigenvalue weighted by molar-refractivity contribution is 6.74. The van der Waals surface area contributed by atoms with Crippen molar-refractivity contribution < 1.29 is 9.53 Å². The SMILES string of the molecule is C[C@@H](CO[Si](C)(C)C(C)(C)C)C[C@H](C)[C@@H](C)O. The van der Waals surface area contributed by atoms with E-state index in [9.17, 15) is 5.11 Å². The van der Waals surface area contributed by atoms with Crippen LogP contribution in [0.4, 0.5) is 0 Å². The van der Waals surface area contributed by atoms with Crippen molar-refractivity contribution in [2.24, 2.45) is 11.8 Å². The van der Waals surface area contributed by atoms with Crippen LogP contribution in [0.15, 0.2) is 0 Å². The van der Waals surface area contributed by atoms with Crippen molar-refractivity contribution in [2.75, 3.05) is 6.61 Å². The molecule has 3 atom stereocenters.